The van der Waals surface area contributed by atoms with Gasteiger partial charge in [0.25, 0.3) is 0 Å². The fourth-order valence-electron chi connectivity index (χ4n) is 1.34. The first kappa shape index (κ1) is 14.2. The van der Waals surface area contributed by atoms with Crippen molar-refractivity contribution in [1.82, 2.24) is 15.3 Å². The van der Waals surface area contributed by atoms with E-state index in [1.807, 2.05) is 27.7 Å². The number of ether oxygens (including phenoxy) is 1. The van der Waals surface area contributed by atoms with Crippen LogP contribution < -0.4 is 15.4 Å². The number of rotatable bonds is 6. The summed E-state index contributed by atoms with van der Waals surface area (Å²) >= 11 is 0. The monoisotopic (exact) mass is 252 g/mol. The molecule has 0 aromatic carbocycles. The predicted octanol–water partition coefficient (Wildman–Crippen LogP) is 1.12. The van der Waals surface area contributed by atoms with E-state index >= 15 is 0 Å². The molecule has 0 aliphatic heterocycles. The van der Waals surface area contributed by atoms with E-state index in [-0.39, 0.29) is 18.6 Å². The van der Waals surface area contributed by atoms with Crippen molar-refractivity contribution in [3.8, 4) is 5.88 Å². The molecule has 0 aliphatic carbocycles. The fourth-order valence-corrected chi connectivity index (χ4v) is 1.34. The number of carbonyl (C=O) groups is 1. The molecule has 0 bridgehead atoms. The van der Waals surface area contributed by atoms with Crippen molar-refractivity contribution in [2.45, 2.75) is 33.8 Å². The second-order valence-electron chi connectivity index (χ2n) is 4.14. The highest BCUT2D eigenvalue weighted by molar-refractivity contribution is 5.80. The third-order valence-corrected chi connectivity index (χ3v) is 1.97. The Bertz CT molecular complexity index is 407. The average Bonchev–Trinajstić information content (AvgIpc) is 2.25. The van der Waals surface area contributed by atoms with Crippen LogP contribution in [0.1, 0.15) is 26.5 Å². The van der Waals surface area contributed by atoms with Crippen molar-refractivity contribution >= 4 is 11.9 Å². The fraction of sp³-hybridized carbons (Fsp3) is 0.583. The lowest BCUT2D eigenvalue weighted by Crippen LogP contribution is -2.30. The number of aryl methyl sites for hydroxylation is 1. The summed E-state index contributed by atoms with van der Waals surface area (Å²) in [7, 11) is 0. The third kappa shape index (κ3) is 4.99. The molecule has 18 heavy (non-hydrogen) atoms. The molecule has 0 spiro atoms. The summed E-state index contributed by atoms with van der Waals surface area (Å²) < 4.78 is 5.50. The highest BCUT2D eigenvalue weighted by atomic mass is 16.5. The molecule has 1 aromatic rings. The van der Waals surface area contributed by atoms with E-state index in [4.69, 9.17) is 4.74 Å². The SMILES string of the molecule is CCNC(=O)CNc1nc(C)cc(OC(C)C)n1. The normalized spacial score (nSPS) is 10.3. The number of nitrogens with zero attached hydrogens (tertiary/aromatic N) is 2. The van der Waals surface area contributed by atoms with Crippen molar-refractivity contribution < 1.29 is 9.53 Å². The minimum atomic E-state index is -0.0889. The zero-order valence-corrected chi connectivity index (χ0v) is 11.3. The molecule has 0 atom stereocenters. The molecule has 1 amide bonds. The lowest BCUT2D eigenvalue weighted by molar-refractivity contribution is -0.119. The van der Waals surface area contributed by atoms with Crippen LogP contribution in [-0.4, -0.2) is 35.1 Å². The zero-order chi connectivity index (χ0) is 13.5. The molecular formula is C12H20N4O2. The maximum absolute atomic E-state index is 11.3. The van der Waals surface area contributed by atoms with E-state index in [2.05, 4.69) is 20.6 Å². The van der Waals surface area contributed by atoms with Gasteiger partial charge < -0.3 is 15.4 Å². The Morgan fingerprint density at radius 3 is 2.78 bits per heavy atom. The maximum Gasteiger partial charge on any atom is 0.239 e. The van der Waals surface area contributed by atoms with Gasteiger partial charge in [0, 0.05) is 18.3 Å². The van der Waals surface area contributed by atoms with Crippen LogP contribution in [-0.2, 0) is 4.79 Å². The molecule has 0 unspecified atom stereocenters. The van der Waals surface area contributed by atoms with Gasteiger partial charge in [0.1, 0.15) is 0 Å². The Kier molecular flexibility index (Phi) is 5.35. The molecule has 0 saturated heterocycles. The Balaban J connectivity index is 2.65. The minimum absolute atomic E-state index is 0.0514. The zero-order valence-electron chi connectivity index (χ0n) is 11.3. The van der Waals surface area contributed by atoms with Gasteiger partial charge in [-0.1, -0.05) is 0 Å². The van der Waals surface area contributed by atoms with Gasteiger partial charge in [-0.15, -0.1) is 0 Å². The molecule has 0 saturated carbocycles. The smallest absolute Gasteiger partial charge is 0.239 e. The van der Waals surface area contributed by atoms with Crippen LogP contribution in [0, 0.1) is 6.92 Å². The maximum atomic E-state index is 11.3. The summed E-state index contributed by atoms with van der Waals surface area (Å²) in [6.45, 7) is 8.34. The number of nitrogens with one attached hydrogen (secondary N) is 2. The first-order valence-electron chi connectivity index (χ1n) is 6.04. The number of likely N-dealkylation sites (N-methyl/N-ethyl adjacent to an activating group) is 1. The number of aromatic nitrogens is 2. The first-order chi connectivity index (χ1) is 8.51. The Labute approximate surface area is 107 Å². The van der Waals surface area contributed by atoms with Gasteiger partial charge in [-0.2, -0.15) is 4.98 Å². The molecule has 6 nitrogen and oxygen atoms in total. The van der Waals surface area contributed by atoms with Crippen LogP contribution in [0.4, 0.5) is 5.95 Å². The Hall–Kier alpha value is -1.85. The number of anilines is 1. The van der Waals surface area contributed by atoms with E-state index in [9.17, 15) is 4.79 Å². The Morgan fingerprint density at radius 1 is 1.44 bits per heavy atom. The molecule has 2 N–H and O–H groups in total. The summed E-state index contributed by atoms with van der Waals surface area (Å²) in [5.41, 5.74) is 0.791. The largest absolute Gasteiger partial charge is 0.475 e. The van der Waals surface area contributed by atoms with Crippen LogP contribution in [0.15, 0.2) is 6.07 Å². The van der Waals surface area contributed by atoms with E-state index in [1.54, 1.807) is 6.07 Å². The second kappa shape index (κ2) is 6.78. The van der Waals surface area contributed by atoms with Gasteiger partial charge in [0.05, 0.1) is 12.6 Å². The third-order valence-electron chi connectivity index (χ3n) is 1.97. The summed E-state index contributed by atoms with van der Waals surface area (Å²) in [4.78, 5) is 19.7. The van der Waals surface area contributed by atoms with E-state index in [1.165, 1.54) is 0 Å². The van der Waals surface area contributed by atoms with E-state index in [0.717, 1.165) is 5.69 Å². The summed E-state index contributed by atoms with van der Waals surface area (Å²) in [5, 5.41) is 5.56. The molecule has 0 fully saturated rings. The summed E-state index contributed by atoms with van der Waals surface area (Å²) in [6, 6.07) is 1.76. The quantitative estimate of drug-likeness (QED) is 0.793. The first-order valence-corrected chi connectivity index (χ1v) is 6.04. The lowest BCUT2D eigenvalue weighted by Gasteiger charge is -2.11. The van der Waals surface area contributed by atoms with Gasteiger partial charge in [0.2, 0.25) is 17.7 Å². The molecule has 6 heteroatoms. The lowest BCUT2D eigenvalue weighted by atomic mass is 10.4. The van der Waals surface area contributed by atoms with Crippen LogP contribution in [0.25, 0.3) is 0 Å². The van der Waals surface area contributed by atoms with Crippen molar-refractivity contribution in [3.63, 3.8) is 0 Å². The number of hydrogen-bond donors (Lipinski definition) is 2. The Morgan fingerprint density at radius 2 is 2.17 bits per heavy atom. The standard InChI is InChI=1S/C12H20N4O2/c1-5-13-10(17)7-14-12-15-9(4)6-11(16-12)18-8(2)3/h6,8H,5,7H2,1-4H3,(H,13,17)(H,14,15,16). The molecule has 0 aliphatic rings. The number of amides is 1. The molecule has 100 valence electrons. The average molecular weight is 252 g/mol. The molecular weight excluding hydrogens is 232 g/mol. The van der Waals surface area contributed by atoms with Crippen molar-refractivity contribution in [1.29, 1.82) is 0 Å². The number of hydrogen-bond acceptors (Lipinski definition) is 5. The topological polar surface area (TPSA) is 76.1 Å². The van der Waals surface area contributed by atoms with Crippen LogP contribution in [0.3, 0.4) is 0 Å². The van der Waals surface area contributed by atoms with Crippen LogP contribution in [0.5, 0.6) is 5.88 Å². The summed E-state index contributed by atoms with van der Waals surface area (Å²) in [6.07, 6.45) is 0.0514. The summed E-state index contributed by atoms with van der Waals surface area (Å²) in [5.74, 6) is 0.821. The van der Waals surface area contributed by atoms with Crippen molar-refractivity contribution in [2.24, 2.45) is 0 Å². The van der Waals surface area contributed by atoms with E-state index in [0.29, 0.717) is 18.4 Å². The van der Waals surface area contributed by atoms with Crippen molar-refractivity contribution in [2.75, 3.05) is 18.4 Å². The predicted molar refractivity (Wildman–Crippen MR) is 69.7 cm³/mol. The van der Waals surface area contributed by atoms with Gasteiger partial charge in [-0.3, -0.25) is 4.79 Å². The van der Waals surface area contributed by atoms with Gasteiger partial charge >= 0.3 is 0 Å². The molecule has 0 radical (unpaired) electrons. The highest BCUT2D eigenvalue weighted by Gasteiger charge is 2.06. The van der Waals surface area contributed by atoms with Crippen LogP contribution in [0.2, 0.25) is 0 Å². The van der Waals surface area contributed by atoms with E-state index < -0.39 is 0 Å². The van der Waals surface area contributed by atoms with Gasteiger partial charge in [-0.25, -0.2) is 4.98 Å². The minimum Gasteiger partial charge on any atom is -0.475 e. The van der Waals surface area contributed by atoms with Crippen LogP contribution >= 0.6 is 0 Å². The van der Waals surface area contributed by atoms with Gasteiger partial charge in [-0.05, 0) is 27.7 Å². The van der Waals surface area contributed by atoms with Crippen molar-refractivity contribution in [3.05, 3.63) is 11.8 Å². The molecule has 1 rings (SSSR count). The molecule has 1 aromatic heterocycles. The second-order valence-corrected chi connectivity index (χ2v) is 4.14. The van der Waals surface area contributed by atoms with Gasteiger partial charge in [0.15, 0.2) is 0 Å². The highest BCUT2D eigenvalue weighted by Crippen LogP contribution is 2.13. The molecule has 1 heterocycles. The number of carbonyl (C=O) groups excluding carboxylic acids is 1.